The molecule has 5 heteroatoms. The Balaban J connectivity index is 1.45. The highest BCUT2D eigenvalue weighted by atomic mass is 28.4. The number of ether oxygens (including phenoxy) is 2. The summed E-state index contributed by atoms with van der Waals surface area (Å²) in [6.45, 7) is 12.4. The molecule has 0 heterocycles. The molecule has 0 unspecified atom stereocenters. The summed E-state index contributed by atoms with van der Waals surface area (Å²) in [5, 5.41) is 13.2. The highest BCUT2D eigenvalue weighted by molar-refractivity contribution is 6.99. The largest absolute Gasteiger partial charge is 0.497 e. The standard InChI is InChI=1S/C37H50O4Si/c1-30(27-28-40-29-32-23-25-33(39-6)26-24-32)36(38)22-16-8-7-11-17-31(2)41-42(37(3,4)5,34-18-12-9-13-19-34)35-20-14-10-15-21-35/h9-10,12-15,18-21,23-26,30-31,36,38H,7,11,17,22,27-29H2,1-6H3/t30-,31+,36+/m1/s1. The van der Waals surface area contributed by atoms with Gasteiger partial charge in [-0.25, -0.2) is 0 Å². The molecule has 1 N–H and O–H groups in total. The van der Waals surface area contributed by atoms with Crippen molar-refractivity contribution in [3.05, 3.63) is 90.5 Å². The summed E-state index contributed by atoms with van der Waals surface area (Å²) in [4.78, 5) is 0. The second kappa shape index (κ2) is 16.7. The number of rotatable bonds is 15. The molecule has 3 rings (SSSR count). The lowest BCUT2D eigenvalue weighted by molar-refractivity contribution is 0.0686. The molecule has 0 fully saturated rings. The Bertz CT molecular complexity index is 1190. The van der Waals surface area contributed by atoms with Gasteiger partial charge in [-0.3, -0.25) is 0 Å². The van der Waals surface area contributed by atoms with Crippen LogP contribution < -0.4 is 15.1 Å². The Hall–Kier alpha value is -2.88. The molecule has 0 spiro atoms. The third-order valence-electron chi connectivity index (χ3n) is 7.95. The van der Waals surface area contributed by atoms with Gasteiger partial charge in [0.05, 0.1) is 19.8 Å². The molecular formula is C37H50O4Si. The van der Waals surface area contributed by atoms with Crippen molar-refractivity contribution in [2.75, 3.05) is 13.7 Å². The maximum atomic E-state index is 10.6. The smallest absolute Gasteiger partial charge is 0.261 e. The van der Waals surface area contributed by atoms with Crippen LogP contribution in [-0.4, -0.2) is 39.3 Å². The van der Waals surface area contributed by atoms with Gasteiger partial charge in [-0.1, -0.05) is 100 Å². The topological polar surface area (TPSA) is 47.9 Å². The summed E-state index contributed by atoms with van der Waals surface area (Å²) < 4.78 is 18.2. The number of hydrogen-bond acceptors (Lipinski definition) is 4. The molecule has 226 valence electrons. The van der Waals surface area contributed by atoms with Crippen molar-refractivity contribution < 1.29 is 19.0 Å². The Morgan fingerprint density at radius 3 is 1.95 bits per heavy atom. The quantitative estimate of drug-likeness (QED) is 0.117. The molecule has 3 aromatic carbocycles. The lowest BCUT2D eigenvalue weighted by Gasteiger charge is -2.44. The zero-order chi connectivity index (χ0) is 30.4. The number of aliphatic hydroxyl groups is 1. The molecule has 0 saturated carbocycles. The van der Waals surface area contributed by atoms with Crippen LogP contribution in [0.2, 0.25) is 5.04 Å². The van der Waals surface area contributed by atoms with Crippen molar-refractivity contribution >= 4 is 18.7 Å². The van der Waals surface area contributed by atoms with Gasteiger partial charge in [0.15, 0.2) is 0 Å². The Labute approximate surface area is 255 Å². The molecule has 0 bridgehead atoms. The Morgan fingerprint density at radius 1 is 0.810 bits per heavy atom. The number of aliphatic hydroxyl groups excluding tert-OH is 1. The maximum absolute atomic E-state index is 10.6. The van der Waals surface area contributed by atoms with E-state index < -0.39 is 14.4 Å². The molecule has 0 aromatic heterocycles. The number of unbranched alkanes of at least 4 members (excludes halogenated alkanes) is 1. The molecular weight excluding hydrogens is 536 g/mol. The van der Waals surface area contributed by atoms with E-state index in [0.29, 0.717) is 19.6 Å². The van der Waals surface area contributed by atoms with Gasteiger partial charge < -0.3 is 19.0 Å². The first-order chi connectivity index (χ1) is 20.2. The van der Waals surface area contributed by atoms with Crippen LogP contribution in [0.3, 0.4) is 0 Å². The van der Waals surface area contributed by atoms with Gasteiger partial charge in [0.2, 0.25) is 0 Å². The first kappa shape index (κ1) is 33.6. The van der Waals surface area contributed by atoms with Gasteiger partial charge in [0.1, 0.15) is 5.75 Å². The van der Waals surface area contributed by atoms with E-state index in [-0.39, 0.29) is 17.1 Å². The highest BCUT2D eigenvalue weighted by Crippen LogP contribution is 2.37. The van der Waals surface area contributed by atoms with Gasteiger partial charge in [-0.05, 0) is 65.2 Å². The van der Waals surface area contributed by atoms with Crippen LogP contribution in [0.15, 0.2) is 84.9 Å². The second-order valence-electron chi connectivity index (χ2n) is 12.3. The average molecular weight is 587 g/mol. The lowest BCUT2D eigenvalue weighted by atomic mass is 9.99. The predicted octanol–water partition coefficient (Wildman–Crippen LogP) is 7.13. The number of methoxy groups -OCH3 is 1. The van der Waals surface area contributed by atoms with Crippen molar-refractivity contribution in [2.24, 2.45) is 5.92 Å². The molecule has 0 aliphatic carbocycles. The van der Waals surface area contributed by atoms with Crippen molar-refractivity contribution in [3.8, 4) is 17.6 Å². The van der Waals surface area contributed by atoms with Crippen LogP contribution in [0, 0.1) is 17.8 Å². The normalized spacial score (nSPS) is 14.0. The monoisotopic (exact) mass is 586 g/mol. The summed E-state index contributed by atoms with van der Waals surface area (Å²) in [7, 11) is -0.874. The fourth-order valence-corrected chi connectivity index (χ4v) is 10.1. The first-order valence-corrected chi connectivity index (χ1v) is 17.2. The SMILES string of the molecule is COc1ccc(COCC[C@@H](C)[C@@H](O)CC#CCCC[C@H](C)O[Si](c2ccccc2)(c2ccccc2)C(C)(C)C)cc1. The molecule has 0 radical (unpaired) electrons. The van der Waals surface area contributed by atoms with Crippen molar-refractivity contribution in [1.29, 1.82) is 0 Å². The van der Waals surface area contributed by atoms with Gasteiger partial charge >= 0.3 is 0 Å². The van der Waals surface area contributed by atoms with E-state index in [0.717, 1.165) is 37.0 Å². The average Bonchev–Trinajstić information content (AvgIpc) is 3.00. The van der Waals surface area contributed by atoms with Crippen molar-refractivity contribution in [3.63, 3.8) is 0 Å². The fraction of sp³-hybridized carbons (Fsp3) is 0.459. The molecule has 0 aliphatic heterocycles. The molecule has 3 aromatic rings. The van der Waals surface area contributed by atoms with E-state index in [2.05, 4.69) is 107 Å². The summed E-state index contributed by atoms with van der Waals surface area (Å²) in [6, 6.07) is 29.5. The van der Waals surface area contributed by atoms with Gasteiger partial charge in [-0.15, -0.1) is 11.8 Å². The van der Waals surface area contributed by atoms with E-state index in [1.54, 1.807) is 7.11 Å². The Morgan fingerprint density at radius 2 is 1.40 bits per heavy atom. The third kappa shape index (κ3) is 9.57. The molecule has 42 heavy (non-hydrogen) atoms. The first-order valence-electron chi connectivity index (χ1n) is 15.3. The van der Waals surface area contributed by atoms with Crippen LogP contribution in [-0.2, 0) is 15.8 Å². The summed E-state index contributed by atoms with van der Waals surface area (Å²) in [5.41, 5.74) is 1.11. The maximum Gasteiger partial charge on any atom is 0.261 e. The molecule has 3 atom stereocenters. The molecule has 0 aliphatic rings. The van der Waals surface area contributed by atoms with Crippen LogP contribution in [0.5, 0.6) is 5.75 Å². The van der Waals surface area contributed by atoms with Crippen molar-refractivity contribution in [1.82, 2.24) is 0 Å². The minimum Gasteiger partial charge on any atom is -0.497 e. The van der Waals surface area contributed by atoms with Gasteiger partial charge in [0, 0.05) is 25.6 Å². The number of benzene rings is 3. The fourth-order valence-electron chi connectivity index (χ4n) is 5.37. The second-order valence-corrected chi connectivity index (χ2v) is 16.5. The summed E-state index contributed by atoms with van der Waals surface area (Å²) in [6.07, 6.45) is 3.69. The zero-order valence-electron chi connectivity index (χ0n) is 26.4. The molecule has 4 nitrogen and oxygen atoms in total. The lowest BCUT2D eigenvalue weighted by Crippen LogP contribution is -2.67. The number of hydrogen-bond donors (Lipinski definition) is 1. The van der Waals surface area contributed by atoms with E-state index in [4.69, 9.17) is 13.9 Å². The third-order valence-corrected chi connectivity index (χ3v) is 13.1. The van der Waals surface area contributed by atoms with Gasteiger partial charge in [-0.2, -0.15) is 0 Å². The van der Waals surface area contributed by atoms with E-state index in [1.165, 1.54) is 10.4 Å². The zero-order valence-corrected chi connectivity index (χ0v) is 27.4. The predicted molar refractivity (Wildman–Crippen MR) is 177 cm³/mol. The van der Waals surface area contributed by atoms with E-state index >= 15 is 0 Å². The van der Waals surface area contributed by atoms with Crippen LogP contribution in [0.1, 0.15) is 72.3 Å². The van der Waals surface area contributed by atoms with E-state index in [9.17, 15) is 5.11 Å². The van der Waals surface area contributed by atoms with Crippen LogP contribution in [0.25, 0.3) is 0 Å². The summed E-state index contributed by atoms with van der Waals surface area (Å²) in [5.74, 6) is 7.47. The summed E-state index contributed by atoms with van der Waals surface area (Å²) >= 11 is 0. The Kier molecular flexibility index (Phi) is 13.3. The molecule has 0 amide bonds. The minimum atomic E-state index is -2.54. The van der Waals surface area contributed by atoms with Gasteiger partial charge in [0.25, 0.3) is 8.32 Å². The van der Waals surface area contributed by atoms with Crippen molar-refractivity contribution in [2.45, 2.75) is 90.6 Å². The minimum absolute atomic E-state index is 0.0304. The van der Waals surface area contributed by atoms with Crippen LogP contribution >= 0.6 is 0 Å². The molecule has 0 saturated heterocycles. The van der Waals surface area contributed by atoms with Crippen LogP contribution in [0.4, 0.5) is 0 Å². The van der Waals surface area contributed by atoms with E-state index in [1.807, 2.05) is 24.3 Å². The highest BCUT2D eigenvalue weighted by Gasteiger charge is 2.50.